The molecule has 0 saturated carbocycles. The predicted octanol–water partition coefficient (Wildman–Crippen LogP) is 4.47. The summed E-state index contributed by atoms with van der Waals surface area (Å²) in [5.41, 5.74) is 2.40. The number of benzene rings is 1. The molecule has 0 amide bonds. The molecule has 2 heteroatoms. The van der Waals surface area contributed by atoms with Gasteiger partial charge < -0.3 is 5.32 Å². The zero-order valence-electron chi connectivity index (χ0n) is 12.0. The SMILES string of the molecule is CCCCC(NCCC)c1cnc2ccccc2c1. The maximum absolute atomic E-state index is 4.58. The second-order valence-electron chi connectivity index (χ2n) is 5.11. The van der Waals surface area contributed by atoms with Gasteiger partial charge in [-0.25, -0.2) is 0 Å². The third kappa shape index (κ3) is 3.77. The van der Waals surface area contributed by atoms with Crippen molar-refractivity contribution in [3.05, 3.63) is 42.1 Å². The Bertz CT molecular complexity index is 499. The summed E-state index contributed by atoms with van der Waals surface area (Å²) in [6.07, 6.45) is 6.89. The van der Waals surface area contributed by atoms with Gasteiger partial charge in [0.25, 0.3) is 0 Å². The van der Waals surface area contributed by atoms with Crippen LogP contribution in [0, 0.1) is 0 Å². The van der Waals surface area contributed by atoms with Crippen molar-refractivity contribution in [2.75, 3.05) is 6.54 Å². The first-order chi connectivity index (χ1) is 9.35. The fourth-order valence-corrected chi connectivity index (χ4v) is 2.39. The summed E-state index contributed by atoms with van der Waals surface area (Å²) in [5.74, 6) is 0. The zero-order valence-corrected chi connectivity index (χ0v) is 12.0. The van der Waals surface area contributed by atoms with Crippen LogP contribution in [-0.4, -0.2) is 11.5 Å². The summed E-state index contributed by atoms with van der Waals surface area (Å²) in [4.78, 5) is 4.58. The quantitative estimate of drug-likeness (QED) is 0.790. The molecule has 1 atom stereocenters. The summed E-state index contributed by atoms with van der Waals surface area (Å²) in [7, 11) is 0. The van der Waals surface area contributed by atoms with Gasteiger partial charge in [0.1, 0.15) is 0 Å². The summed E-state index contributed by atoms with van der Waals surface area (Å²) >= 11 is 0. The van der Waals surface area contributed by atoms with E-state index in [9.17, 15) is 0 Å². The number of hydrogen-bond donors (Lipinski definition) is 1. The van der Waals surface area contributed by atoms with Gasteiger partial charge in [-0.1, -0.05) is 44.9 Å². The van der Waals surface area contributed by atoms with Crippen LogP contribution in [0.1, 0.15) is 51.1 Å². The summed E-state index contributed by atoms with van der Waals surface area (Å²) in [5, 5.41) is 4.88. The number of nitrogens with one attached hydrogen (secondary N) is 1. The Labute approximate surface area is 116 Å². The van der Waals surface area contributed by atoms with Crippen LogP contribution in [0.5, 0.6) is 0 Å². The van der Waals surface area contributed by atoms with E-state index in [-0.39, 0.29) is 0 Å². The first-order valence-electron chi connectivity index (χ1n) is 7.43. The lowest BCUT2D eigenvalue weighted by Crippen LogP contribution is -2.22. The third-order valence-corrected chi connectivity index (χ3v) is 3.50. The Morgan fingerprint density at radius 2 is 2.00 bits per heavy atom. The Kier molecular flexibility index (Phi) is 5.34. The minimum absolute atomic E-state index is 0.442. The molecule has 0 fully saturated rings. The number of unbranched alkanes of at least 4 members (excludes halogenated alkanes) is 1. The standard InChI is InChI=1S/C17H24N2/c1-3-5-9-17(18-11-4-2)15-12-14-8-6-7-10-16(14)19-13-15/h6-8,10,12-13,17-18H,3-5,9,11H2,1-2H3. The molecule has 1 heterocycles. The van der Waals surface area contributed by atoms with Gasteiger partial charge >= 0.3 is 0 Å². The van der Waals surface area contributed by atoms with Gasteiger partial charge in [-0.2, -0.15) is 0 Å². The van der Waals surface area contributed by atoms with Gasteiger partial charge in [0.05, 0.1) is 5.52 Å². The van der Waals surface area contributed by atoms with E-state index in [1.54, 1.807) is 0 Å². The van der Waals surface area contributed by atoms with Crippen LogP contribution in [0.3, 0.4) is 0 Å². The molecule has 19 heavy (non-hydrogen) atoms. The molecular weight excluding hydrogens is 232 g/mol. The first-order valence-corrected chi connectivity index (χ1v) is 7.43. The van der Waals surface area contributed by atoms with E-state index in [2.05, 4.69) is 48.4 Å². The molecular formula is C17H24N2. The minimum Gasteiger partial charge on any atom is -0.310 e. The third-order valence-electron chi connectivity index (χ3n) is 3.50. The van der Waals surface area contributed by atoms with Crippen molar-refractivity contribution in [1.82, 2.24) is 10.3 Å². The molecule has 0 spiro atoms. The lowest BCUT2D eigenvalue weighted by molar-refractivity contribution is 0.481. The first kappa shape index (κ1) is 14.0. The molecule has 0 bridgehead atoms. The van der Waals surface area contributed by atoms with E-state index in [1.807, 2.05) is 12.3 Å². The summed E-state index contributed by atoms with van der Waals surface area (Å²) < 4.78 is 0. The Morgan fingerprint density at radius 3 is 2.79 bits per heavy atom. The van der Waals surface area contributed by atoms with Crippen molar-refractivity contribution in [3.8, 4) is 0 Å². The highest BCUT2D eigenvalue weighted by Gasteiger charge is 2.11. The van der Waals surface area contributed by atoms with Gasteiger partial charge in [0.2, 0.25) is 0 Å². The zero-order chi connectivity index (χ0) is 13.5. The van der Waals surface area contributed by atoms with Gasteiger partial charge in [-0.15, -0.1) is 0 Å². The smallest absolute Gasteiger partial charge is 0.0702 e. The second-order valence-corrected chi connectivity index (χ2v) is 5.11. The largest absolute Gasteiger partial charge is 0.310 e. The fraction of sp³-hybridized carbons (Fsp3) is 0.471. The molecule has 0 aliphatic carbocycles. The van der Waals surface area contributed by atoms with E-state index in [4.69, 9.17) is 0 Å². The lowest BCUT2D eigenvalue weighted by Gasteiger charge is -2.19. The number of para-hydroxylation sites is 1. The highest BCUT2D eigenvalue weighted by molar-refractivity contribution is 5.78. The molecule has 1 aromatic heterocycles. The molecule has 2 rings (SSSR count). The molecule has 0 saturated heterocycles. The maximum Gasteiger partial charge on any atom is 0.0702 e. The van der Waals surface area contributed by atoms with E-state index in [0.717, 1.165) is 12.1 Å². The molecule has 1 aromatic carbocycles. The molecule has 2 aromatic rings. The highest BCUT2D eigenvalue weighted by Crippen LogP contribution is 2.22. The number of nitrogens with zero attached hydrogens (tertiary/aromatic N) is 1. The van der Waals surface area contributed by atoms with E-state index in [0.29, 0.717) is 6.04 Å². The van der Waals surface area contributed by atoms with E-state index >= 15 is 0 Å². The fourth-order valence-electron chi connectivity index (χ4n) is 2.39. The van der Waals surface area contributed by atoms with Crippen LogP contribution in [0.2, 0.25) is 0 Å². The van der Waals surface area contributed by atoms with Crippen LogP contribution < -0.4 is 5.32 Å². The Morgan fingerprint density at radius 1 is 1.16 bits per heavy atom. The Hall–Kier alpha value is -1.41. The monoisotopic (exact) mass is 256 g/mol. The van der Waals surface area contributed by atoms with Crippen LogP contribution in [0.4, 0.5) is 0 Å². The van der Waals surface area contributed by atoms with Crippen LogP contribution in [0.25, 0.3) is 10.9 Å². The highest BCUT2D eigenvalue weighted by atomic mass is 14.9. The van der Waals surface area contributed by atoms with Crippen molar-refractivity contribution in [2.24, 2.45) is 0 Å². The van der Waals surface area contributed by atoms with Gasteiger partial charge in [-0.3, -0.25) is 4.98 Å². The summed E-state index contributed by atoms with van der Waals surface area (Å²) in [6.45, 7) is 5.53. The van der Waals surface area contributed by atoms with Crippen LogP contribution >= 0.6 is 0 Å². The normalized spacial score (nSPS) is 12.7. The van der Waals surface area contributed by atoms with Crippen molar-refractivity contribution in [2.45, 2.75) is 45.6 Å². The lowest BCUT2D eigenvalue weighted by atomic mass is 10.0. The number of rotatable bonds is 7. The van der Waals surface area contributed by atoms with Crippen molar-refractivity contribution >= 4 is 10.9 Å². The average Bonchev–Trinajstić information content (AvgIpc) is 2.47. The van der Waals surface area contributed by atoms with Crippen molar-refractivity contribution in [3.63, 3.8) is 0 Å². The molecule has 102 valence electrons. The molecule has 0 radical (unpaired) electrons. The van der Waals surface area contributed by atoms with Crippen LogP contribution in [0.15, 0.2) is 36.5 Å². The molecule has 1 unspecified atom stereocenters. The summed E-state index contributed by atoms with van der Waals surface area (Å²) in [6, 6.07) is 11.1. The topological polar surface area (TPSA) is 24.9 Å². The van der Waals surface area contributed by atoms with E-state index < -0.39 is 0 Å². The van der Waals surface area contributed by atoms with Gasteiger partial charge in [0, 0.05) is 17.6 Å². The van der Waals surface area contributed by atoms with Crippen molar-refractivity contribution in [1.29, 1.82) is 0 Å². The average molecular weight is 256 g/mol. The van der Waals surface area contributed by atoms with Gasteiger partial charge in [0.15, 0.2) is 0 Å². The number of fused-ring (bicyclic) bond motifs is 1. The van der Waals surface area contributed by atoms with Gasteiger partial charge in [-0.05, 0) is 37.1 Å². The predicted molar refractivity (Wildman–Crippen MR) is 82.3 cm³/mol. The molecule has 0 aliphatic rings. The number of hydrogen-bond acceptors (Lipinski definition) is 2. The molecule has 0 aliphatic heterocycles. The maximum atomic E-state index is 4.58. The minimum atomic E-state index is 0.442. The molecule has 1 N–H and O–H groups in total. The second kappa shape index (κ2) is 7.25. The Balaban J connectivity index is 2.21. The van der Waals surface area contributed by atoms with Crippen LogP contribution in [-0.2, 0) is 0 Å². The molecule has 2 nitrogen and oxygen atoms in total. The number of aromatic nitrogens is 1. The van der Waals surface area contributed by atoms with Crippen molar-refractivity contribution < 1.29 is 0 Å². The number of pyridine rings is 1. The van der Waals surface area contributed by atoms with E-state index in [1.165, 1.54) is 36.6 Å².